The molecule has 0 bridgehead atoms. The zero-order valence-electron chi connectivity index (χ0n) is 10.5. The third kappa shape index (κ3) is 2.35. The lowest BCUT2D eigenvalue weighted by Crippen LogP contribution is -2.12. The number of carbonyl (C=O) groups is 1. The summed E-state index contributed by atoms with van der Waals surface area (Å²) in [5.74, 6) is 0.222. The van der Waals surface area contributed by atoms with Crippen LogP contribution >= 0.6 is 0 Å². The first-order valence-corrected chi connectivity index (χ1v) is 5.73. The largest absolute Gasteiger partial charge is 0.506 e. The third-order valence-corrected chi connectivity index (χ3v) is 2.76. The Morgan fingerprint density at radius 2 is 2.32 bits per heavy atom. The molecule has 0 saturated heterocycles. The van der Waals surface area contributed by atoms with Crippen LogP contribution in [0.3, 0.4) is 0 Å². The number of primary amides is 1. The highest BCUT2D eigenvalue weighted by Gasteiger charge is 2.19. The van der Waals surface area contributed by atoms with Gasteiger partial charge in [-0.2, -0.15) is 0 Å². The van der Waals surface area contributed by atoms with Crippen molar-refractivity contribution in [2.45, 2.75) is 13.3 Å². The van der Waals surface area contributed by atoms with Crippen molar-refractivity contribution >= 4 is 5.91 Å². The number of carbonyl (C=O) groups excluding carboxylic acids is 1. The number of nitrogens with two attached hydrogens (primary N) is 1. The molecule has 0 aromatic carbocycles. The molecule has 2 rings (SSSR count). The molecule has 2 heterocycles. The Bertz CT molecular complexity index is 644. The molecule has 2 aromatic rings. The number of allylic oxidation sites excluding steroid dienone is 1. The summed E-state index contributed by atoms with van der Waals surface area (Å²) in [5, 5.41) is 10.1. The average Bonchev–Trinajstić information content (AvgIpc) is 2.77. The van der Waals surface area contributed by atoms with Crippen molar-refractivity contribution in [1.82, 2.24) is 4.98 Å². The lowest BCUT2D eigenvalue weighted by molar-refractivity contribution is 0.0997. The molecule has 0 spiro atoms. The molecule has 0 radical (unpaired) electrons. The predicted molar refractivity (Wildman–Crippen MR) is 70.8 cm³/mol. The Morgan fingerprint density at radius 3 is 2.95 bits per heavy atom. The second-order valence-electron chi connectivity index (χ2n) is 4.10. The van der Waals surface area contributed by atoms with Crippen molar-refractivity contribution in [3.8, 4) is 17.1 Å². The number of aromatic hydroxyl groups is 1. The number of hydrogen-bond donors (Lipinski definition) is 2. The fourth-order valence-electron chi connectivity index (χ4n) is 1.83. The zero-order valence-corrected chi connectivity index (χ0v) is 10.5. The predicted octanol–water partition coefficient (Wildman–Crippen LogP) is 2.18. The van der Waals surface area contributed by atoms with Crippen molar-refractivity contribution < 1.29 is 14.3 Å². The van der Waals surface area contributed by atoms with Crippen molar-refractivity contribution in [1.29, 1.82) is 0 Å². The van der Waals surface area contributed by atoms with Crippen molar-refractivity contribution in [2.24, 2.45) is 5.73 Å². The van der Waals surface area contributed by atoms with Crippen LogP contribution in [0.25, 0.3) is 11.3 Å². The maximum absolute atomic E-state index is 11.2. The molecule has 0 aliphatic carbocycles. The Kier molecular flexibility index (Phi) is 3.37. The van der Waals surface area contributed by atoms with E-state index in [1.165, 1.54) is 6.20 Å². The van der Waals surface area contributed by atoms with Gasteiger partial charge in [0.05, 0.1) is 16.8 Å². The number of nitrogens with zero attached hydrogens (tertiary/aromatic N) is 1. The summed E-state index contributed by atoms with van der Waals surface area (Å²) in [7, 11) is 0. The molecule has 19 heavy (non-hydrogen) atoms. The van der Waals surface area contributed by atoms with Gasteiger partial charge >= 0.3 is 0 Å². The lowest BCUT2D eigenvalue weighted by atomic mass is 10.1. The summed E-state index contributed by atoms with van der Waals surface area (Å²) >= 11 is 0. The molecule has 2 aromatic heterocycles. The standard InChI is InChI=1S/C14H14N2O3/c1-3-4-9-5-6-11(19-9)12-8(2)16-7-10(13(12)17)14(15)18/h3,5-7H,1,4H2,2H3,(H2,15,18)(H,16,17). The molecule has 0 unspecified atom stereocenters. The van der Waals surface area contributed by atoms with Crippen molar-refractivity contribution in [3.05, 3.63) is 48.0 Å². The number of aryl methyl sites for hydroxylation is 1. The van der Waals surface area contributed by atoms with E-state index < -0.39 is 5.91 Å². The van der Waals surface area contributed by atoms with Gasteiger partial charge in [0, 0.05) is 12.6 Å². The van der Waals surface area contributed by atoms with Crippen LogP contribution in [-0.2, 0) is 6.42 Å². The van der Waals surface area contributed by atoms with Gasteiger partial charge in [-0.05, 0) is 19.1 Å². The topological polar surface area (TPSA) is 89.3 Å². The van der Waals surface area contributed by atoms with Crippen LogP contribution in [0.5, 0.6) is 5.75 Å². The Hall–Kier alpha value is -2.56. The van der Waals surface area contributed by atoms with E-state index in [4.69, 9.17) is 10.2 Å². The van der Waals surface area contributed by atoms with E-state index in [0.717, 1.165) is 0 Å². The van der Waals surface area contributed by atoms with Gasteiger partial charge in [0.2, 0.25) is 0 Å². The molecule has 0 atom stereocenters. The molecule has 3 N–H and O–H groups in total. The van der Waals surface area contributed by atoms with E-state index in [9.17, 15) is 9.90 Å². The molecule has 5 nitrogen and oxygen atoms in total. The van der Waals surface area contributed by atoms with Gasteiger partial charge in [0.1, 0.15) is 17.3 Å². The number of hydrogen-bond acceptors (Lipinski definition) is 4. The van der Waals surface area contributed by atoms with Gasteiger partial charge in [-0.15, -0.1) is 6.58 Å². The molecule has 0 fully saturated rings. The Balaban J connectivity index is 2.56. The summed E-state index contributed by atoms with van der Waals surface area (Å²) in [6.45, 7) is 5.35. The van der Waals surface area contributed by atoms with Crippen LogP contribution in [0.2, 0.25) is 0 Å². The molecule has 1 amide bonds. The fourth-order valence-corrected chi connectivity index (χ4v) is 1.83. The number of pyridine rings is 1. The number of furan rings is 1. The highest BCUT2D eigenvalue weighted by Crippen LogP contribution is 2.35. The monoisotopic (exact) mass is 258 g/mol. The van der Waals surface area contributed by atoms with Crippen LogP contribution in [0.1, 0.15) is 21.8 Å². The van der Waals surface area contributed by atoms with Gasteiger partial charge in [-0.3, -0.25) is 9.78 Å². The molecule has 0 aliphatic rings. The SMILES string of the molecule is C=CCc1ccc(-c2c(C)ncc(C(N)=O)c2O)o1. The van der Waals surface area contributed by atoms with E-state index in [-0.39, 0.29) is 11.3 Å². The fraction of sp³-hybridized carbons (Fsp3) is 0.143. The van der Waals surface area contributed by atoms with Crippen LogP contribution in [-0.4, -0.2) is 16.0 Å². The lowest BCUT2D eigenvalue weighted by Gasteiger charge is -2.08. The number of rotatable bonds is 4. The molecule has 0 saturated carbocycles. The van der Waals surface area contributed by atoms with E-state index in [2.05, 4.69) is 11.6 Å². The van der Waals surface area contributed by atoms with E-state index in [0.29, 0.717) is 29.2 Å². The van der Waals surface area contributed by atoms with Crippen LogP contribution < -0.4 is 5.73 Å². The van der Waals surface area contributed by atoms with Crippen LogP contribution in [0.4, 0.5) is 0 Å². The minimum atomic E-state index is -0.732. The molecule has 98 valence electrons. The first-order valence-electron chi connectivity index (χ1n) is 5.73. The minimum absolute atomic E-state index is 0.0257. The van der Waals surface area contributed by atoms with Crippen molar-refractivity contribution in [3.63, 3.8) is 0 Å². The summed E-state index contributed by atoms with van der Waals surface area (Å²) in [6.07, 6.45) is 3.56. The second kappa shape index (κ2) is 4.97. The maximum Gasteiger partial charge on any atom is 0.254 e. The summed E-state index contributed by atoms with van der Waals surface area (Å²) in [4.78, 5) is 15.3. The first-order chi connectivity index (χ1) is 9.04. The van der Waals surface area contributed by atoms with Crippen LogP contribution in [0, 0.1) is 6.92 Å². The van der Waals surface area contributed by atoms with Crippen molar-refractivity contribution in [2.75, 3.05) is 0 Å². The van der Waals surface area contributed by atoms with Gasteiger partial charge in [0.25, 0.3) is 5.91 Å². The summed E-state index contributed by atoms with van der Waals surface area (Å²) in [5.41, 5.74) is 6.09. The number of amides is 1. The smallest absolute Gasteiger partial charge is 0.254 e. The highest BCUT2D eigenvalue weighted by molar-refractivity contribution is 5.97. The maximum atomic E-state index is 11.2. The molecular weight excluding hydrogens is 244 g/mol. The van der Waals surface area contributed by atoms with E-state index in [1.54, 1.807) is 25.1 Å². The van der Waals surface area contributed by atoms with E-state index in [1.807, 2.05) is 0 Å². The van der Waals surface area contributed by atoms with Gasteiger partial charge in [-0.25, -0.2) is 0 Å². The van der Waals surface area contributed by atoms with Gasteiger partial charge < -0.3 is 15.3 Å². The highest BCUT2D eigenvalue weighted by atomic mass is 16.3. The first kappa shape index (κ1) is 12.9. The Labute approximate surface area is 110 Å². The number of aromatic nitrogens is 1. The molecular formula is C14H14N2O3. The summed E-state index contributed by atoms with van der Waals surface area (Å²) in [6, 6.07) is 3.50. The van der Waals surface area contributed by atoms with E-state index >= 15 is 0 Å². The average molecular weight is 258 g/mol. The van der Waals surface area contributed by atoms with Crippen LogP contribution in [0.15, 0.2) is 35.4 Å². The normalized spacial score (nSPS) is 10.4. The Morgan fingerprint density at radius 1 is 1.58 bits per heavy atom. The zero-order chi connectivity index (χ0) is 14.0. The van der Waals surface area contributed by atoms with Gasteiger partial charge in [-0.1, -0.05) is 6.08 Å². The molecule has 5 heteroatoms. The second-order valence-corrected chi connectivity index (χ2v) is 4.10. The minimum Gasteiger partial charge on any atom is -0.506 e. The quantitative estimate of drug-likeness (QED) is 0.822. The summed E-state index contributed by atoms with van der Waals surface area (Å²) < 4.78 is 5.58. The van der Waals surface area contributed by atoms with Gasteiger partial charge in [0.15, 0.2) is 0 Å². The molecule has 0 aliphatic heterocycles. The third-order valence-electron chi connectivity index (χ3n) is 2.76.